The quantitative estimate of drug-likeness (QED) is 0.428. The molecule has 1 aliphatic rings. The zero-order chi connectivity index (χ0) is 24.5. The van der Waals surface area contributed by atoms with Crippen molar-refractivity contribution < 1.29 is 18.7 Å². The number of aryl methyl sites for hydroxylation is 1. The van der Waals surface area contributed by atoms with Gasteiger partial charge in [0.1, 0.15) is 17.5 Å². The summed E-state index contributed by atoms with van der Waals surface area (Å²) in [6.45, 7) is 4.50. The number of likely N-dealkylation sites (tertiary alicyclic amines) is 1. The van der Waals surface area contributed by atoms with E-state index in [0.717, 1.165) is 5.69 Å². The summed E-state index contributed by atoms with van der Waals surface area (Å²) in [4.78, 5) is 18.8. The van der Waals surface area contributed by atoms with Gasteiger partial charge in [0.25, 0.3) is 0 Å². The molecular formula is C24H26ClF2N5O2. The van der Waals surface area contributed by atoms with E-state index in [2.05, 4.69) is 20.5 Å². The predicted octanol–water partition coefficient (Wildman–Crippen LogP) is 5.09. The number of anilines is 2. The number of nitrogens with one attached hydrogen (secondary N) is 2. The smallest absolute Gasteiger partial charge is 0.310 e. The number of piperidine rings is 1. The number of nitrogens with zero attached hydrogens (tertiary/aromatic N) is 3. The Morgan fingerprint density at radius 3 is 2.79 bits per heavy atom. The molecule has 3 aromatic rings. The number of pyridine rings is 1. The maximum atomic E-state index is 14.7. The number of hydrogen-bond acceptors (Lipinski definition) is 5. The highest BCUT2D eigenvalue weighted by Gasteiger charge is 2.45. The van der Waals surface area contributed by atoms with Gasteiger partial charge in [-0.25, -0.2) is 13.8 Å². The van der Waals surface area contributed by atoms with Crippen molar-refractivity contribution in [3.8, 4) is 0 Å². The summed E-state index contributed by atoms with van der Waals surface area (Å²) in [6, 6.07) is 9.24. The molecule has 1 aromatic carbocycles. The molecule has 2 atom stereocenters. The van der Waals surface area contributed by atoms with Crippen molar-refractivity contribution in [1.82, 2.24) is 20.1 Å². The number of benzene rings is 1. The molecule has 2 aromatic heterocycles. The van der Waals surface area contributed by atoms with Crippen LogP contribution in [0.3, 0.4) is 0 Å². The van der Waals surface area contributed by atoms with Gasteiger partial charge >= 0.3 is 5.97 Å². The van der Waals surface area contributed by atoms with Crippen LogP contribution >= 0.6 is 11.6 Å². The summed E-state index contributed by atoms with van der Waals surface area (Å²) in [7, 11) is 0. The SMILES string of the molecule is Cc1cc(Nc2ccc(F)c(C[C@]3(C(=O)O)CCN(Cc4cccc(Cl)c4F)[C@H](C)C3)n2)n[nH]1. The Morgan fingerprint density at radius 2 is 2.12 bits per heavy atom. The van der Waals surface area contributed by atoms with E-state index < -0.39 is 23.0 Å². The van der Waals surface area contributed by atoms with Crippen LogP contribution in [0.5, 0.6) is 0 Å². The Kier molecular flexibility index (Phi) is 6.86. The molecule has 3 heterocycles. The number of aromatic amines is 1. The standard InChI is InChI=1S/C24H26ClF2N5O2/c1-14-10-21(31-30-14)29-20-7-6-18(26)19(28-20)12-24(23(33)34)8-9-32(15(2)11-24)13-16-4-3-5-17(25)22(16)27/h3-7,10,15H,8-9,11-13H2,1-2H3,(H,33,34)(H2,28,29,30,31)/t15-,24+/m1/s1. The Bertz CT molecular complexity index is 1200. The minimum absolute atomic E-state index is 0.0486. The van der Waals surface area contributed by atoms with Crippen molar-refractivity contribution >= 4 is 29.2 Å². The number of carboxylic acid groups (broad SMARTS) is 1. The summed E-state index contributed by atoms with van der Waals surface area (Å²) in [5.74, 6) is -1.10. The number of carboxylic acids is 1. The number of rotatable bonds is 7. The van der Waals surface area contributed by atoms with Crippen molar-refractivity contribution in [2.45, 2.75) is 45.7 Å². The number of hydrogen-bond donors (Lipinski definition) is 3. The van der Waals surface area contributed by atoms with Crippen LogP contribution in [0.4, 0.5) is 20.4 Å². The van der Waals surface area contributed by atoms with Crippen molar-refractivity contribution in [3.05, 3.63) is 70.0 Å². The first kappa shape index (κ1) is 24.1. The average Bonchev–Trinajstić information content (AvgIpc) is 3.20. The fourth-order valence-corrected chi connectivity index (χ4v) is 4.74. The van der Waals surface area contributed by atoms with Gasteiger partial charge in [0, 0.05) is 36.3 Å². The highest BCUT2D eigenvalue weighted by atomic mass is 35.5. The van der Waals surface area contributed by atoms with Crippen LogP contribution in [-0.4, -0.2) is 43.7 Å². The predicted molar refractivity (Wildman–Crippen MR) is 125 cm³/mol. The number of aromatic nitrogens is 3. The summed E-state index contributed by atoms with van der Waals surface area (Å²) in [5.41, 5.74) is 0.217. The molecule has 7 nitrogen and oxygen atoms in total. The molecule has 10 heteroatoms. The lowest BCUT2D eigenvalue weighted by atomic mass is 9.72. The molecule has 1 aliphatic heterocycles. The number of carbonyl (C=O) groups is 1. The van der Waals surface area contributed by atoms with Gasteiger partial charge in [-0.15, -0.1) is 0 Å². The lowest BCUT2D eigenvalue weighted by molar-refractivity contribution is -0.153. The lowest BCUT2D eigenvalue weighted by Crippen LogP contribution is -2.50. The monoisotopic (exact) mass is 489 g/mol. The van der Waals surface area contributed by atoms with Gasteiger partial charge in [0.05, 0.1) is 16.1 Å². The van der Waals surface area contributed by atoms with Gasteiger partial charge in [-0.1, -0.05) is 23.7 Å². The maximum absolute atomic E-state index is 14.7. The first-order valence-electron chi connectivity index (χ1n) is 11.0. The molecule has 0 bridgehead atoms. The molecule has 3 N–H and O–H groups in total. The number of halogens is 3. The molecule has 0 saturated carbocycles. The summed E-state index contributed by atoms with van der Waals surface area (Å²) < 4.78 is 29.1. The van der Waals surface area contributed by atoms with Crippen LogP contribution in [0.1, 0.15) is 36.7 Å². The molecule has 1 saturated heterocycles. The lowest BCUT2D eigenvalue weighted by Gasteiger charge is -2.43. The van der Waals surface area contributed by atoms with E-state index >= 15 is 0 Å². The Hall–Kier alpha value is -3.04. The average molecular weight is 490 g/mol. The van der Waals surface area contributed by atoms with Gasteiger partial charge in [-0.2, -0.15) is 5.10 Å². The molecule has 0 unspecified atom stereocenters. The summed E-state index contributed by atoms with van der Waals surface area (Å²) in [5, 5.41) is 20.1. The van der Waals surface area contributed by atoms with E-state index in [1.165, 1.54) is 18.2 Å². The van der Waals surface area contributed by atoms with E-state index in [9.17, 15) is 18.7 Å². The molecule has 0 amide bonds. The van der Waals surface area contributed by atoms with Gasteiger partial charge in [0.2, 0.25) is 0 Å². The second kappa shape index (κ2) is 9.68. The second-order valence-electron chi connectivity index (χ2n) is 8.94. The fourth-order valence-electron chi connectivity index (χ4n) is 4.54. The van der Waals surface area contributed by atoms with Gasteiger partial charge < -0.3 is 10.4 Å². The van der Waals surface area contributed by atoms with Crippen molar-refractivity contribution in [3.63, 3.8) is 0 Å². The van der Waals surface area contributed by atoms with Crippen LogP contribution < -0.4 is 5.32 Å². The van der Waals surface area contributed by atoms with E-state index in [0.29, 0.717) is 30.3 Å². The molecule has 0 spiro atoms. The number of aliphatic carboxylic acids is 1. The fraction of sp³-hybridized carbons (Fsp3) is 0.375. The van der Waals surface area contributed by atoms with Crippen molar-refractivity contribution in [2.75, 3.05) is 11.9 Å². The van der Waals surface area contributed by atoms with Crippen LogP contribution in [0, 0.1) is 24.0 Å². The first-order valence-corrected chi connectivity index (χ1v) is 11.4. The molecular weight excluding hydrogens is 464 g/mol. The van der Waals surface area contributed by atoms with Crippen LogP contribution in [-0.2, 0) is 17.8 Å². The highest BCUT2D eigenvalue weighted by Crippen LogP contribution is 2.39. The third-order valence-electron chi connectivity index (χ3n) is 6.43. The molecule has 34 heavy (non-hydrogen) atoms. The van der Waals surface area contributed by atoms with Crippen LogP contribution in [0.2, 0.25) is 5.02 Å². The van der Waals surface area contributed by atoms with Crippen LogP contribution in [0.25, 0.3) is 0 Å². The second-order valence-corrected chi connectivity index (χ2v) is 9.34. The summed E-state index contributed by atoms with van der Waals surface area (Å²) >= 11 is 5.90. The van der Waals surface area contributed by atoms with Gasteiger partial charge in [-0.05, 0) is 51.4 Å². The summed E-state index contributed by atoms with van der Waals surface area (Å²) in [6.07, 6.45) is 0.515. The third-order valence-corrected chi connectivity index (χ3v) is 6.72. The highest BCUT2D eigenvalue weighted by molar-refractivity contribution is 6.30. The molecule has 0 radical (unpaired) electrons. The van der Waals surface area contributed by atoms with Crippen LogP contribution in [0.15, 0.2) is 36.4 Å². The first-order chi connectivity index (χ1) is 16.2. The molecule has 180 valence electrons. The van der Waals surface area contributed by atoms with Gasteiger partial charge in [0.15, 0.2) is 5.82 Å². The van der Waals surface area contributed by atoms with Crippen molar-refractivity contribution in [2.24, 2.45) is 5.41 Å². The minimum Gasteiger partial charge on any atom is -0.481 e. The molecule has 0 aliphatic carbocycles. The Balaban J connectivity index is 1.52. The maximum Gasteiger partial charge on any atom is 0.310 e. The van der Waals surface area contributed by atoms with Gasteiger partial charge in [-0.3, -0.25) is 14.8 Å². The van der Waals surface area contributed by atoms with E-state index in [1.54, 1.807) is 18.2 Å². The topological polar surface area (TPSA) is 94.1 Å². The largest absolute Gasteiger partial charge is 0.481 e. The third kappa shape index (κ3) is 5.05. The molecule has 1 fully saturated rings. The normalized spacial score (nSPS) is 20.9. The Morgan fingerprint density at radius 1 is 1.32 bits per heavy atom. The number of H-pyrrole nitrogens is 1. The van der Waals surface area contributed by atoms with E-state index in [-0.39, 0.29) is 36.0 Å². The Labute approximate surface area is 201 Å². The zero-order valence-corrected chi connectivity index (χ0v) is 19.7. The molecule has 4 rings (SSSR count). The van der Waals surface area contributed by atoms with E-state index in [4.69, 9.17) is 11.6 Å². The van der Waals surface area contributed by atoms with Crippen molar-refractivity contribution in [1.29, 1.82) is 0 Å². The van der Waals surface area contributed by atoms with E-state index in [1.807, 2.05) is 18.7 Å². The zero-order valence-electron chi connectivity index (χ0n) is 18.9. The minimum atomic E-state index is -1.18.